The molecule has 0 saturated carbocycles. The molecule has 0 aromatic heterocycles. The van der Waals surface area contributed by atoms with Crippen molar-refractivity contribution in [2.24, 2.45) is 0 Å². The SMILES string of the molecule is CCSCCOC(=O)c1ccc2c(c1)CCO2. The van der Waals surface area contributed by atoms with Crippen molar-refractivity contribution < 1.29 is 14.3 Å². The van der Waals surface area contributed by atoms with Gasteiger partial charge in [-0.25, -0.2) is 4.79 Å². The van der Waals surface area contributed by atoms with Gasteiger partial charge in [0.15, 0.2) is 0 Å². The number of thioether (sulfide) groups is 1. The van der Waals surface area contributed by atoms with E-state index in [0.717, 1.165) is 29.2 Å². The van der Waals surface area contributed by atoms with Gasteiger partial charge in [-0.15, -0.1) is 0 Å². The molecule has 1 aliphatic rings. The van der Waals surface area contributed by atoms with E-state index >= 15 is 0 Å². The molecule has 0 atom stereocenters. The van der Waals surface area contributed by atoms with Crippen molar-refractivity contribution in [2.45, 2.75) is 13.3 Å². The maximum absolute atomic E-state index is 11.7. The fraction of sp³-hybridized carbons (Fsp3) is 0.462. The first-order valence-electron chi connectivity index (χ1n) is 5.82. The predicted octanol–water partition coefficient (Wildman–Crippen LogP) is 2.53. The minimum absolute atomic E-state index is 0.239. The lowest BCUT2D eigenvalue weighted by atomic mass is 10.1. The second kappa shape index (κ2) is 5.96. The molecule has 1 aromatic rings. The molecule has 0 spiro atoms. The van der Waals surface area contributed by atoms with Crippen molar-refractivity contribution in [3.63, 3.8) is 0 Å². The van der Waals surface area contributed by atoms with E-state index in [2.05, 4.69) is 6.92 Å². The van der Waals surface area contributed by atoms with Crippen molar-refractivity contribution in [1.29, 1.82) is 0 Å². The van der Waals surface area contributed by atoms with Gasteiger partial charge in [0.25, 0.3) is 0 Å². The summed E-state index contributed by atoms with van der Waals surface area (Å²) in [6.07, 6.45) is 0.877. The van der Waals surface area contributed by atoms with Gasteiger partial charge in [0.1, 0.15) is 12.4 Å². The van der Waals surface area contributed by atoms with E-state index < -0.39 is 0 Å². The molecular formula is C13H16O3S. The smallest absolute Gasteiger partial charge is 0.338 e. The summed E-state index contributed by atoms with van der Waals surface area (Å²) in [6.45, 7) is 3.28. The summed E-state index contributed by atoms with van der Waals surface area (Å²) in [5.74, 6) is 2.56. The number of esters is 1. The lowest BCUT2D eigenvalue weighted by Gasteiger charge is -2.05. The van der Waals surface area contributed by atoms with Gasteiger partial charge in [0.2, 0.25) is 0 Å². The zero-order valence-corrected chi connectivity index (χ0v) is 10.7. The molecule has 1 aliphatic heterocycles. The van der Waals surface area contributed by atoms with Crippen LogP contribution in [0.25, 0.3) is 0 Å². The van der Waals surface area contributed by atoms with Crippen LogP contribution in [0.15, 0.2) is 18.2 Å². The standard InChI is InChI=1S/C13H16O3S/c1-2-17-8-7-16-13(14)11-3-4-12-10(9-11)5-6-15-12/h3-4,9H,2,5-8H2,1H3. The molecule has 0 bridgehead atoms. The Morgan fingerprint density at radius 3 is 3.24 bits per heavy atom. The molecule has 3 nitrogen and oxygen atoms in total. The number of benzene rings is 1. The van der Waals surface area contributed by atoms with E-state index in [-0.39, 0.29) is 5.97 Å². The molecule has 4 heteroatoms. The van der Waals surface area contributed by atoms with Gasteiger partial charge in [-0.2, -0.15) is 11.8 Å². The molecule has 2 rings (SSSR count). The minimum Gasteiger partial charge on any atom is -0.493 e. The van der Waals surface area contributed by atoms with E-state index in [1.807, 2.05) is 12.1 Å². The number of carbonyl (C=O) groups is 1. The molecule has 1 heterocycles. The van der Waals surface area contributed by atoms with Crippen LogP contribution in [0, 0.1) is 0 Å². The van der Waals surface area contributed by atoms with Gasteiger partial charge >= 0.3 is 5.97 Å². The second-order valence-corrected chi connectivity index (χ2v) is 5.15. The topological polar surface area (TPSA) is 35.5 Å². The highest BCUT2D eigenvalue weighted by Gasteiger charge is 2.15. The van der Waals surface area contributed by atoms with Crippen LogP contribution in [0.2, 0.25) is 0 Å². The lowest BCUT2D eigenvalue weighted by Crippen LogP contribution is -2.08. The Morgan fingerprint density at radius 2 is 2.41 bits per heavy atom. The summed E-state index contributed by atoms with van der Waals surface area (Å²) in [4.78, 5) is 11.7. The summed E-state index contributed by atoms with van der Waals surface area (Å²) in [5.41, 5.74) is 1.72. The molecule has 0 unspecified atom stereocenters. The molecule has 0 radical (unpaired) electrons. The van der Waals surface area contributed by atoms with Crippen molar-refractivity contribution in [3.05, 3.63) is 29.3 Å². The Labute approximate surface area is 105 Å². The van der Waals surface area contributed by atoms with Gasteiger partial charge in [-0.3, -0.25) is 0 Å². The van der Waals surface area contributed by atoms with E-state index in [0.29, 0.717) is 18.8 Å². The molecule has 1 aromatic carbocycles. The Kier molecular flexibility index (Phi) is 4.31. The van der Waals surface area contributed by atoms with E-state index in [1.165, 1.54) is 0 Å². The van der Waals surface area contributed by atoms with Gasteiger partial charge in [-0.1, -0.05) is 6.92 Å². The van der Waals surface area contributed by atoms with Crippen LogP contribution in [0.3, 0.4) is 0 Å². The maximum Gasteiger partial charge on any atom is 0.338 e. The highest BCUT2D eigenvalue weighted by Crippen LogP contribution is 2.26. The number of rotatable bonds is 5. The summed E-state index contributed by atoms with van der Waals surface area (Å²) < 4.78 is 10.6. The van der Waals surface area contributed by atoms with Gasteiger partial charge in [0, 0.05) is 12.2 Å². The average molecular weight is 252 g/mol. The number of carbonyl (C=O) groups excluding carboxylic acids is 1. The molecule has 92 valence electrons. The molecule has 0 amide bonds. The van der Waals surface area contributed by atoms with Crippen LogP contribution in [0.4, 0.5) is 0 Å². The van der Waals surface area contributed by atoms with Crippen LogP contribution >= 0.6 is 11.8 Å². The zero-order chi connectivity index (χ0) is 12.1. The quantitative estimate of drug-likeness (QED) is 0.596. The van der Waals surface area contributed by atoms with Crippen LogP contribution in [-0.4, -0.2) is 30.7 Å². The monoisotopic (exact) mass is 252 g/mol. The highest BCUT2D eigenvalue weighted by atomic mass is 32.2. The number of hydrogen-bond donors (Lipinski definition) is 0. The number of fused-ring (bicyclic) bond motifs is 1. The van der Waals surface area contributed by atoms with Gasteiger partial charge < -0.3 is 9.47 Å². The molecule has 0 N–H and O–H groups in total. The van der Waals surface area contributed by atoms with Crippen LogP contribution in [-0.2, 0) is 11.2 Å². The summed E-state index contributed by atoms with van der Waals surface area (Å²) >= 11 is 1.77. The molecular weight excluding hydrogens is 236 g/mol. The third-order valence-electron chi connectivity index (χ3n) is 2.59. The fourth-order valence-electron chi connectivity index (χ4n) is 1.73. The van der Waals surface area contributed by atoms with Gasteiger partial charge in [0.05, 0.1) is 12.2 Å². The molecule has 0 saturated heterocycles. The maximum atomic E-state index is 11.7. The van der Waals surface area contributed by atoms with E-state index in [4.69, 9.17) is 9.47 Å². The third-order valence-corrected chi connectivity index (χ3v) is 3.45. The normalized spacial score (nSPS) is 13.0. The highest BCUT2D eigenvalue weighted by molar-refractivity contribution is 7.99. The first-order chi connectivity index (χ1) is 8.31. The molecule has 17 heavy (non-hydrogen) atoms. The van der Waals surface area contributed by atoms with Crippen molar-refractivity contribution in [2.75, 3.05) is 24.7 Å². The summed E-state index contributed by atoms with van der Waals surface area (Å²) in [7, 11) is 0. The van der Waals surface area contributed by atoms with E-state index in [9.17, 15) is 4.79 Å². The Hall–Kier alpha value is -1.16. The van der Waals surface area contributed by atoms with Crippen molar-refractivity contribution >= 4 is 17.7 Å². The number of ether oxygens (including phenoxy) is 2. The summed E-state index contributed by atoms with van der Waals surface area (Å²) in [5, 5.41) is 0. The Balaban J connectivity index is 1.91. The summed E-state index contributed by atoms with van der Waals surface area (Å²) in [6, 6.07) is 5.48. The average Bonchev–Trinajstić information content (AvgIpc) is 2.81. The van der Waals surface area contributed by atoms with Crippen LogP contribution in [0.5, 0.6) is 5.75 Å². The predicted molar refractivity (Wildman–Crippen MR) is 68.9 cm³/mol. The van der Waals surface area contributed by atoms with Crippen molar-refractivity contribution in [3.8, 4) is 5.75 Å². The largest absolute Gasteiger partial charge is 0.493 e. The Morgan fingerprint density at radius 1 is 1.53 bits per heavy atom. The molecule has 0 fully saturated rings. The van der Waals surface area contributed by atoms with E-state index in [1.54, 1.807) is 17.8 Å². The lowest BCUT2D eigenvalue weighted by molar-refractivity contribution is 0.0530. The first-order valence-corrected chi connectivity index (χ1v) is 6.97. The second-order valence-electron chi connectivity index (χ2n) is 3.75. The first kappa shape index (κ1) is 12.3. The van der Waals surface area contributed by atoms with Crippen LogP contribution in [0.1, 0.15) is 22.8 Å². The Bertz CT molecular complexity index is 404. The fourth-order valence-corrected chi connectivity index (χ4v) is 2.22. The molecule has 0 aliphatic carbocycles. The minimum atomic E-state index is -0.239. The van der Waals surface area contributed by atoms with Gasteiger partial charge in [-0.05, 0) is 29.5 Å². The van der Waals surface area contributed by atoms with Crippen LogP contribution < -0.4 is 4.74 Å². The number of hydrogen-bond acceptors (Lipinski definition) is 4. The third kappa shape index (κ3) is 3.16. The zero-order valence-electron chi connectivity index (χ0n) is 9.90. The van der Waals surface area contributed by atoms with Crippen molar-refractivity contribution in [1.82, 2.24) is 0 Å².